The van der Waals surface area contributed by atoms with Crippen molar-refractivity contribution < 1.29 is 0 Å². The summed E-state index contributed by atoms with van der Waals surface area (Å²) in [6.07, 6.45) is 5.31. The van der Waals surface area contributed by atoms with E-state index < -0.39 is 0 Å². The summed E-state index contributed by atoms with van der Waals surface area (Å²) in [6, 6.07) is 0. The van der Waals surface area contributed by atoms with Crippen molar-refractivity contribution in [1.29, 1.82) is 0 Å². The van der Waals surface area contributed by atoms with E-state index in [1.54, 1.807) is 9.12 Å². The molecule has 98 valence electrons. The summed E-state index contributed by atoms with van der Waals surface area (Å²) in [5.74, 6) is 0. The van der Waals surface area contributed by atoms with Crippen LogP contribution >= 0.6 is 30.3 Å². The fourth-order valence-electron chi connectivity index (χ4n) is 2.39. The summed E-state index contributed by atoms with van der Waals surface area (Å²) in [5, 5.41) is 4.76. The lowest BCUT2D eigenvalue weighted by Crippen LogP contribution is -2.24. The molecule has 1 N–H and O–H groups in total. The van der Waals surface area contributed by atoms with Crippen LogP contribution in [0, 0.1) is 6.92 Å². The lowest BCUT2D eigenvalue weighted by molar-refractivity contribution is 0.645. The molecule has 0 saturated carbocycles. The number of nitrogens with one attached hydrogen (secondary N) is 1. The van der Waals surface area contributed by atoms with Crippen LogP contribution in [-0.4, -0.2) is 15.5 Å². The molecule has 0 aromatic carbocycles. The lowest BCUT2D eigenvalue weighted by Gasteiger charge is -2.17. The van der Waals surface area contributed by atoms with Crippen molar-refractivity contribution in [3.8, 4) is 0 Å². The Morgan fingerprint density at radius 2 is 2.22 bits per heavy atom. The molecule has 2 aromatic rings. The predicted octanol–water partition coefficient (Wildman–Crippen LogP) is 3.86. The number of hydrogen-bond donors (Lipinski definition) is 1. The van der Waals surface area contributed by atoms with Gasteiger partial charge in [-0.3, -0.25) is 3.97 Å². The van der Waals surface area contributed by atoms with Crippen molar-refractivity contribution in [1.82, 2.24) is 14.3 Å². The summed E-state index contributed by atoms with van der Waals surface area (Å²) in [7, 11) is 1.68. The van der Waals surface area contributed by atoms with E-state index in [9.17, 15) is 0 Å². The first-order valence-electron chi connectivity index (χ1n) is 6.29. The molecule has 2 aromatic heterocycles. The predicted molar refractivity (Wildman–Crippen MR) is 88.2 cm³/mol. The van der Waals surface area contributed by atoms with Crippen LogP contribution in [0.4, 0.5) is 0 Å². The normalized spacial score (nSPS) is 14.0. The Labute approximate surface area is 124 Å². The van der Waals surface area contributed by atoms with Crippen LogP contribution in [0.3, 0.4) is 0 Å². The Bertz CT molecular complexity index is 551. The minimum atomic E-state index is 0.959. The number of rotatable bonds is 1. The molecular formula is C13H18IN3S. The second-order valence-electron chi connectivity index (χ2n) is 4.09. The first-order chi connectivity index (χ1) is 8.81. The molecule has 0 spiro atoms. The molecule has 0 atom stereocenters. The minimum absolute atomic E-state index is 0.959. The van der Waals surface area contributed by atoms with Gasteiger partial charge in [-0.05, 0) is 36.6 Å². The monoisotopic (exact) mass is 375 g/mol. The molecule has 3 heterocycles. The molecule has 0 radical (unpaired) electrons. The average Bonchev–Trinajstić information content (AvgIpc) is 2.78. The molecule has 1 aliphatic rings. The van der Waals surface area contributed by atoms with Crippen molar-refractivity contribution in [3.63, 3.8) is 0 Å². The van der Waals surface area contributed by atoms with Crippen molar-refractivity contribution in [2.45, 2.75) is 33.7 Å². The topological polar surface area (TPSA) is 29.9 Å². The first-order valence-corrected chi connectivity index (χ1v) is 9.61. The second-order valence-corrected chi connectivity index (χ2v) is 5.81. The van der Waals surface area contributed by atoms with Gasteiger partial charge in [0.1, 0.15) is 0 Å². The quantitative estimate of drug-likeness (QED) is 0.768. The largest absolute Gasteiger partial charge is 0.312 e. The second kappa shape index (κ2) is 6.25. The van der Waals surface area contributed by atoms with Gasteiger partial charge in [-0.2, -0.15) is 0 Å². The maximum atomic E-state index is 4.58. The Kier molecular flexibility index (Phi) is 4.91. The fraction of sp³-hybridized carbons (Fsp3) is 0.462. The van der Waals surface area contributed by atoms with Gasteiger partial charge in [0.15, 0.2) is 5.65 Å². The number of fused-ring (bicyclic) bond motifs is 3. The van der Waals surface area contributed by atoms with E-state index in [-0.39, 0.29) is 0 Å². The number of nitrogens with zero attached hydrogens (tertiary/aromatic N) is 2. The molecule has 1 aliphatic heterocycles. The summed E-state index contributed by atoms with van der Waals surface area (Å²) in [4.78, 5) is 4.58. The van der Waals surface area contributed by atoms with Crippen molar-refractivity contribution in [2.24, 2.45) is 0 Å². The summed E-state index contributed by atoms with van der Waals surface area (Å²) in [6.45, 7) is 8.21. The molecule has 0 fully saturated rings. The van der Waals surface area contributed by atoms with Gasteiger partial charge in [-0.1, -0.05) is 13.8 Å². The highest BCUT2D eigenvalue weighted by Crippen LogP contribution is 2.31. The number of pyridine rings is 1. The highest BCUT2D eigenvalue weighted by molar-refractivity contribution is 14.2. The van der Waals surface area contributed by atoms with Crippen molar-refractivity contribution in [3.05, 3.63) is 29.1 Å². The zero-order valence-electron chi connectivity index (χ0n) is 11.0. The maximum absolute atomic E-state index is 4.58. The third-order valence-electron chi connectivity index (χ3n) is 3.11. The van der Waals surface area contributed by atoms with Gasteiger partial charge in [-0.25, -0.2) is 4.98 Å². The van der Waals surface area contributed by atoms with Crippen LogP contribution in [-0.2, 0) is 13.0 Å². The van der Waals surface area contributed by atoms with Crippen molar-refractivity contribution in [2.75, 3.05) is 6.54 Å². The van der Waals surface area contributed by atoms with Crippen LogP contribution in [0.25, 0.3) is 11.0 Å². The molecule has 0 saturated heterocycles. The van der Waals surface area contributed by atoms with E-state index in [2.05, 4.69) is 48.6 Å². The summed E-state index contributed by atoms with van der Waals surface area (Å²) >= 11 is 2.30. The first kappa shape index (κ1) is 14.1. The van der Waals surface area contributed by atoms with E-state index in [0.717, 1.165) is 25.2 Å². The third-order valence-corrected chi connectivity index (χ3v) is 4.81. The van der Waals surface area contributed by atoms with Gasteiger partial charge in [-0.15, -0.1) is 0 Å². The van der Waals surface area contributed by atoms with Crippen LogP contribution in [0.1, 0.15) is 30.5 Å². The maximum Gasteiger partial charge on any atom is 0.151 e. The molecule has 5 heteroatoms. The SMILES string of the molecule is CC.Cc1cn(SI)c2ncc3c(c12)CCNC3. The molecule has 0 aliphatic carbocycles. The van der Waals surface area contributed by atoms with E-state index in [0.29, 0.717) is 0 Å². The standard InChI is InChI=1S/C11H12IN3S.C2H6/c1-7-6-15(16-12)11-10(7)9-2-3-13-4-8(9)5-14-11;1-2/h5-6,13H,2-4H2,1H3;1-2H3. The summed E-state index contributed by atoms with van der Waals surface area (Å²) < 4.78 is 2.15. The molecule has 3 nitrogen and oxygen atoms in total. The average molecular weight is 375 g/mol. The molecular weight excluding hydrogens is 357 g/mol. The number of aryl methyl sites for hydroxylation is 1. The van der Waals surface area contributed by atoms with Crippen LogP contribution in [0.5, 0.6) is 0 Å². The highest BCUT2D eigenvalue weighted by atomic mass is 127. The lowest BCUT2D eigenvalue weighted by atomic mass is 9.98. The Balaban J connectivity index is 0.000000574. The zero-order valence-corrected chi connectivity index (χ0v) is 13.9. The third kappa shape index (κ3) is 2.40. The Morgan fingerprint density at radius 1 is 1.44 bits per heavy atom. The van der Waals surface area contributed by atoms with Crippen LogP contribution in [0.15, 0.2) is 12.4 Å². The van der Waals surface area contributed by atoms with Gasteiger partial charge in [0.25, 0.3) is 0 Å². The summed E-state index contributed by atoms with van der Waals surface area (Å²) in [5.41, 5.74) is 5.30. The van der Waals surface area contributed by atoms with Gasteiger partial charge in [0.2, 0.25) is 0 Å². The van der Waals surface area contributed by atoms with E-state index in [1.165, 1.54) is 22.1 Å². The smallest absolute Gasteiger partial charge is 0.151 e. The molecule has 0 unspecified atom stereocenters. The fourth-order valence-corrected chi connectivity index (χ4v) is 3.69. The van der Waals surface area contributed by atoms with Gasteiger partial charge < -0.3 is 5.32 Å². The van der Waals surface area contributed by atoms with Gasteiger partial charge in [0.05, 0.1) is 0 Å². The van der Waals surface area contributed by atoms with Gasteiger partial charge in [0, 0.05) is 54.6 Å². The number of hydrogen-bond acceptors (Lipinski definition) is 3. The Hall–Kier alpha value is -0.270. The molecule has 0 bridgehead atoms. The van der Waals surface area contributed by atoms with Crippen LogP contribution < -0.4 is 5.32 Å². The number of halogens is 1. The van der Waals surface area contributed by atoms with Crippen LogP contribution in [0.2, 0.25) is 0 Å². The Morgan fingerprint density at radius 3 is 2.94 bits per heavy atom. The zero-order chi connectivity index (χ0) is 13.1. The molecule has 0 amide bonds. The molecule has 18 heavy (non-hydrogen) atoms. The van der Waals surface area contributed by atoms with Crippen molar-refractivity contribution >= 4 is 41.4 Å². The number of aromatic nitrogens is 2. The van der Waals surface area contributed by atoms with E-state index in [4.69, 9.17) is 0 Å². The molecule has 3 rings (SSSR count). The highest BCUT2D eigenvalue weighted by Gasteiger charge is 2.17. The van der Waals surface area contributed by atoms with Gasteiger partial charge >= 0.3 is 0 Å². The minimum Gasteiger partial charge on any atom is -0.312 e. The van der Waals surface area contributed by atoms with E-state index >= 15 is 0 Å². The van der Waals surface area contributed by atoms with E-state index in [1.807, 2.05) is 20.0 Å².